The molecule has 2 aromatic rings. The standard InChI is InChI=1S/C18H23N5OS2/c1-5-26-12(2)18(3,16-20-14(19)11-25-16)22-17(23(26)4)21-15(24)13-9-7-6-8-10-13/h5-12H,19H2,1-4H3,(H,21,22,24). The molecule has 0 spiro atoms. The molecule has 1 amide bonds. The first-order chi connectivity index (χ1) is 12.4. The third-order valence-electron chi connectivity index (χ3n) is 4.56. The Morgan fingerprint density at radius 2 is 2.12 bits per heavy atom. The van der Waals surface area contributed by atoms with Crippen LogP contribution in [0.15, 0.2) is 40.7 Å². The van der Waals surface area contributed by atoms with E-state index in [0.29, 0.717) is 17.3 Å². The van der Waals surface area contributed by atoms with E-state index in [9.17, 15) is 4.79 Å². The number of aliphatic imine (C=N–C) groups is 1. The number of carbonyl (C=O) groups excluding carboxylic acids is 1. The van der Waals surface area contributed by atoms with Crippen molar-refractivity contribution in [2.24, 2.45) is 4.99 Å². The number of carbonyl (C=O) groups is 1. The quantitative estimate of drug-likeness (QED) is 0.773. The molecule has 0 bridgehead atoms. The summed E-state index contributed by atoms with van der Waals surface area (Å²) in [7, 11) is 1.74. The van der Waals surface area contributed by atoms with Crippen LogP contribution in [0.1, 0.15) is 36.1 Å². The second kappa shape index (κ2) is 7.20. The van der Waals surface area contributed by atoms with Gasteiger partial charge in [-0.15, -0.1) is 11.3 Å². The van der Waals surface area contributed by atoms with Crippen molar-refractivity contribution in [1.82, 2.24) is 14.6 Å². The Labute approximate surface area is 160 Å². The van der Waals surface area contributed by atoms with Gasteiger partial charge in [-0.1, -0.05) is 28.9 Å². The first-order valence-electron chi connectivity index (χ1n) is 8.29. The van der Waals surface area contributed by atoms with Crippen molar-refractivity contribution < 1.29 is 4.79 Å². The highest BCUT2D eigenvalue weighted by Gasteiger charge is 2.43. The van der Waals surface area contributed by atoms with Crippen LogP contribution >= 0.6 is 22.0 Å². The fourth-order valence-corrected chi connectivity index (χ4v) is 6.02. The molecular weight excluding hydrogens is 366 g/mol. The SMILES string of the molecule is C/C=S1\C(C)C(C)(c2nc(N)cs2)N=C(NC(=O)c2ccccc2)N1C. The highest BCUT2D eigenvalue weighted by atomic mass is 32.2. The third-order valence-corrected chi connectivity index (χ3v) is 8.12. The molecule has 3 N–H and O–H groups in total. The molecule has 3 unspecified atom stereocenters. The number of nitrogens with zero attached hydrogens (tertiary/aromatic N) is 3. The number of nitrogens with two attached hydrogens (primary N) is 1. The molecule has 26 heavy (non-hydrogen) atoms. The lowest BCUT2D eigenvalue weighted by atomic mass is 10.0. The van der Waals surface area contributed by atoms with Crippen molar-refractivity contribution in [2.45, 2.75) is 31.6 Å². The zero-order valence-corrected chi connectivity index (χ0v) is 16.9. The zero-order chi connectivity index (χ0) is 18.9. The van der Waals surface area contributed by atoms with Crippen LogP contribution in [0.5, 0.6) is 0 Å². The third kappa shape index (κ3) is 3.26. The summed E-state index contributed by atoms with van der Waals surface area (Å²) in [6, 6.07) is 9.14. The molecule has 0 radical (unpaired) electrons. The van der Waals surface area contributed by atoms with E-state index in [4.69, 9.17) is 10.7 Å². The van der Waals surface area contributed by atoms with E-state index in [0.717, 1.165) is 5.01 Å². The van der Waals surface area contributed by atoms with Gasteiger partial charge in [-0.05, 0) is 38.3 Å². The second-order valence-corrected chi connectivity index (χ2v) is 9.48. The Hall–Kier alpha value is -2.19. The maximum Gasteiger partial charge on any atom is 0.257 e. The molecule has 8 heteroatoms. The normalized spacial score (nSPS) is 25.8. The van der Waals surface area contributed by atoms with E-state index >= 15 is 0 Å². The van der Waals surface area contributed by atoms with E-state index in [1.165, 1.54) is 11.3 Å². The minimum Gasteiger partial charge on any atom is -0.383 e. The maximum atomic E-state index is 12.6. The number of benzene rings is 1. The fourth-order valence-electron chi connectivity index (χ4n) is 2.93. The van der Waals surface area contributed by atoms with Gasteiger partial charge >= 0.3 is 0 Å². The summed E-state index contributed by atoms with van der Waals surface area (Å²) in [4.78, 5) is 22.0. The average molecular weight is 390 g/mol. The van der Waals surface area contributed by atoms with Gasteiger partial charge in [0, 0.05) is 23.2 Å². The zero-order valence-electron chi connectivity index (χ0n) is 15.3. The molecule has 3 atom stereocenters. The van der Waals surface area contributed by atoms with Crippen molar-refractivity contribution >= 4 is 45.1 Å². The molecule has 0 fully saturated rings. The molecule has 6 nitrogen and oxygen atoms in total. The topological polar surface area (TPSA) is 83.6 Å². The summed E-state index contributed by atoms with van der Waals surface area (Å²) < 4.78 is 2.03. The average Bonchev–Trinajstić information content (AvgIpc) is 3.08. The van der Waals surface area contributed by atoms with Gasteiger partial charge in [0.1, 0.15) is 16.4 Å². The molecule has 1 aromatic carbocycles. The summed E-state index contributed by atoms with van der Waals surface area (Å²) in [5.41, 5.74) is 5.89. The lowest BCUT2D eigenvalue weighted by molar-refractivity contribution is 0.0974. The number of amides is 1. The molecule has 1 aliphatic heterocycles. The highest BCUT2D eigenvalue weighted by Crippen LogP contribution is 2.45. The molecule has 1 aromatic heterocycles. The number of thiazole rings is 1. The molecule has 2 heterocycles. The minimum absolute atomic E-state index is 0.175. The number of nitrogens with one attached hydrogen (secondary N) is 1. The Balaban J connectivity index is 2.02. The van der Waals surface area contributed by atoms with Gasteiger partial charge in [-0.25, -0.2) is 9.98 Å². The Kier molecular flexibility index (Phi) is 5.15. The monoisotopic (exact) mass is 389 g/mol. The van der Waals surface area contributed by atoms with E-state index < -0.39 is 5.54 Å². The highest BCUT2D eigenvalue weighted by molar-refractivity contribution is 8.13. The van der Waals surface area contributed by atoms with Crippen LogP contribution in [0.3, 0.4) is 0 Å². The Morgan fingerprint density at radius 3 is 2.69 bits per heavy atom. The first kappa shape index (κ1) is 18.6. The molecule has 0 saturated heterocycles. The minimum atomic E-state index is -0.552. The maximum absolute atomic E-state index is 12.6. The van der Waals surface area contributed by atoms with Crippen LogP contribution in [0, 0.1) is 0 Å². The van der Waals surface area contributed by atoms with Crippen LogP contribution < -0.4 is 11.1 Å². The molecule has 138 valence electrons. The van der Waals surface area contributed by atoms with Crippen LogP contribution in [0.25, 0.3) is 0 Å². The lowest BCUT2D eigenvalue weighted by Gasteiger charge is -2.42. The van der Waals surface area contributed by atoms with Crippen molar-refractivity contribution in [3.8, 4) is 0 Å². The van der Waals surface area contributed by atoms with Gasteiger partial charge in [0.05, 0.1) is 0 Å². The van der Waals surface area contributed by atoms with E-state index in [-0.39, 0.29) is 21.8 Å². The summed E-state index contributed by atoms with van der Waals surface area (Å²) in [5.74, 6) is 0.879. The van der Waals surface area contributed by atoms with Crippen molar-refractivity contribution in [2.75, 3.05) is 12.8 Å². The van der Waals surface area contributed by atoms with E-state index in [1.807, 2.05) is 41.9 Å². The van der Waals surface area contributed by atoms with Crippen molar-refractivity contribution in [3.05, 3.63) is 46.3 Å². The molecular formula is C18H23N5OS2. The Bertz CT molecular complexity index is 877. The number of hydrogen-bond acceptors (Lipinski definition) is 6. The van der Waals surface area contributed by atoms with Gasteiger partial charge in [0.2, 0.25) is 5.96 Å². The van der Waals surface area contributed by atoms with E-state index in [2.05, 4.69) is 29.5 Å². The van der Waals surface area contributed by atoms with E-state index in [1.54, 1.807) is 12.1 Å². The number of rotatable bonds is 2. The summed E-state index contributed by atoms with van der Waals surface area (Å²) in [6.45, 7) is 6.26. The Morgan fingerprint density at radius 1 is 1.42 bits per heavy atom. The summed E-state index contributed by atoms with van der Waals surface area (Å²) in [6.07, 6.45) is 0. The van der Waals surface area contributed by atoms with Crippen LogP contribution in [0.4, 0.5) is 5.82 Å². The summed E-state index contributed by atoms with van der Waals surface area (Å²) >= 11 is 1.51. The van der Waals surface area contributed by atoms with Crippen LogP contribution in [-0.4, -0.2) is 38.8 Å². The predicted octanol–water partition coefficient (Wildman–Crippen LogP) is 3.07. The molecule has 1 aliphatic rings. The summed E-state index contributed by atoms with van der Waals surface area (Å²) in [5, 5.41) is 8.01. The smallest absolute Gasteiger partial charge is 0.257 e. The number of nitrogen functional groups attached to an aromatic ring is 1. The van der Waals surface area contributed by atoms with Crippen molar-refractivity contribution in [3.63, 3.8) is 0 Å². The number of guanidine groups is 1. The van der Waals surface area contributed by atoms with Gasteiger partial charge in [0.15, 0.2) is 0 Å². The lowest BCUT2D eigenvalue weighted by Crippen LogP contribution is -2.49. The molecule has 3 rings (SSSR count). The van der Waals surface area contributed by atoms with Crippen LogP contribution in [0.2, 0.25) is 0 Å². The largest absolute Gasteiger partial charge is 0.383 e. The fraction of sp³-hybridized carbons (Fsp3) is 0.333. The van der Waals surface area contributed by atoms with Gasteiger partial charge in [-0.2, -0.15) is 0 Å². The molecule has 0 saturated carbocycles. The number of anilines is 1. The number of aromatic nitrogens is 1. The molecule has 0 aliphatic carbocycles. The van der Waals surface area contributed by atoms with Gasteiger partial charge in [-0.3, -0.25) is 14.4 Å². The van der Waals surface area contributed by atoms with Gasteiger partial charge in [0.25, 0.3) is 5.91 Å². The number of hydrogen-bond donors (Lipinski definition) is 2. The van der Waals surface area contributed by atoms with Gasteiger partial charge < -0.3 is 5.73 Å². The first-order valence-corrected chi connectivity index (χ1v) is 10.5. The predicted molar refractivity (Wildman–Crippen MR) is 112 cm³/mol. The van der Waals surface area contributed by atoms with Crippen molar-refractivity contribution in [1.29, 1.82) is 0 Å². The second-order valence-electron chi connectivity index (χ2n) is 6.20. The van der Waals surface area contributed by atoms with Crippen LogP contribution in [-0.2, 0) is 5.54 Å².